The van der Waals surface area contributed by atoms with Gasteiger partial charge in [-0.15, -0.1) is 0 Å². The minimum atomic E-state index is -4.51. The summed E-state index contributed by atoms with van der Waals surface area (Å²) in [6.07, 6.45) is -4.64. The first-order valence-corrected chi connectivity index (χ1v) is 8.81. The maximum absolute atomic E-state index is 12.9. The van der Waals surface area contributed by atoms with E-state index in [1.807, 2.05) is 0 Å². The number of ether oxygens (including phenoxy) is 1. The smallest absolute Gasteiger partial charge is 0.416 e. The molecule has 2 aliphatic heterocycles. The predicted molar refractivity (Wildman–Crippen MR) is 97.4 cm³/mol. The Morgan fingerprint density at radius 3 is 2.23 bits per heavy atom. The zero-order valence-electron chi connectivity index (χ0n) is 15.2. The average Bonchev–Trinajstić information content (AvgIpc) is 3.08. The van der Waals surface area contributed by atoms with E-state index in [0.29, 0.717) is 5.56 Å². The predicted octanol–water partition coefficient (Wildman–Crippen LogP) is 3.95. The summed E-state index contributed by atoms with van der Waals surface area (Å²) >= 11 is 0. The van der Waals surface area contributed by atoms with Gasteiger partial charge >= 0.3 is 12.1 Å². The van der Waals surface area contributed by atoms with Crippen LogP contribution in [0.1, 0.15) is 23.5 Å². The average molecular weight is 418 g/mol. The topological polar surface area (TPSA) is 89.7 Å². The molecule has 0 saturated heterocycles. The second kappa shape index (κ2) is 6.97. The highest BCUT2D eigenvalue weighted by molar-refractivity contribution is 6.06. The van der Waals surface area contributed by atoms with Crippen LogP contribution in [0.4, 0.5) is 24.5 Å². The molecule has 30 heavy (non-hydrogen) atoms. The first-order chi connectivity index (χ1) is 14.2. The maximum Gasteiger partial charge on any atom is 0.416 e. The first-order valence-electron chi connectivity index (χ1n) is 8.81. The molecule has 1 unspecified atom stereocenters. The summed E-state index contributed by atoms with van der Waals surface area (Å²) in [7, 11) is 0. The van der Waals surface area contributed by atoms with Crippen LogP contribution in [0.5, 0.6) is 0 Å². The van der Waals surface area contributed by atoms with Gasteiger partial charge in [-0.2, -0.15) is 13.2 Å². The van der Waals surface area contributed by atoms with Crippen LogP contribution >= 0.6 is 0 Å². The molecule has 2 aliphatic rings. The standard InChI is InChI=1S/C20H13F3N2O5/c21-20(22,23)12-3-7-13(8-4-12)24-16-10-30-19(27)18(16)15(9-17(24)26)11-1-5-14(6-2-11)25(28)29/h1-8,15H,9-10H2. The highest BCUT2D eigenvalue weighted by Gasteiger charge is 2.43. The van der Waals surface area contributed by atoms with Crippen LogP contribution in [0, 0.1) is 10.1 Å². The van der Waals surface area contributed by atoms with Crippen LogP contribution in [0.25, 0.3) is 0 Å². The number of esters is 1. The number of amides is 1. The van der Waals surface area contributed by atoms with Gasteiger partial charge in [0.25, 0.3) is 5.69 Å². The molecule has 2 aromatic rings. The second-order valence-corrected chi connectivity index (χ2v) is 6.82. The van der Waals surface area contributed by atoms with E-state index >= 15 is 0 Å². The molecule has 0 saturated carbocycles. The summed E-state index contributed by atoms with van der Waals surface area (Å²) in [5.41, 5.74) is 0.235. The van der Waals surface area contributed by atoms with Crippen LogP contribution in [-0.4, -0.2) is 23.4 Å². The molecule has 154 valence electrons. The first kappa shape index (κ1) is 19.6. The number of anilines is 1. The Bertz CT molecular complexity index is 1080. The number of carbonyl (C=O) groups is 2. The molecule has 0 bridgehead atoms. The Balaban J connectivity index is 1.74. The minimum absolute atomic E-state index is 0.129. The van der Waals surface area contributed by atoms with Crippen molar-refractivity contribution >= 4 is 23.3 Å². The fourth-order valence-electron chi connectivity index (χ4n) is 3.67. The van der Waals surface area contributed by atoms with Gasteiger partial charge in [0.15, 0.2) is 0 Å². The summed E-state index contributed by atoms with van der Waals surface area (Å²) in [6.45, 7) is -0.190. The zero-order valence-corrected chi connectivity index (χ0v) is 15.2. The molecule has 1 amide bonds. The number of alkyl halides is 3. The molecule has 10 heteroatoms. The van der Waals surface area contributed by atoms with Crippen LogP contribution in [0.15, 0.2) is 59.8 Å². The monoisotopic (exact) mass is 418 g/mol. The highest BCUT2D eigenvalue weighted by Crippen LogP contribution is 2.42. The van der Waals surface area contributed by atoms with Gasteiger partial charge in [-0.25, -0.2) is 4.79 Å². The molecular formula is C20H13F3N2O5. The largest absolute Gasteiger partial charge is 0.456 e. The molecule has 1 atom stereocenters. The van der Waals surface area contributed by atoms with Gasteiger partial charge in [-0.1, -0.05) is 12.1 Å². The third-order valence-electron chi connectivity index (χ3n) is 5.08. The summed E-state index contributed by atoms with van der Waals surface area (Å²) in [4.78, 5) is 36.7. The molecule has 0 aromatic heterocycles. The van der Waals surface area contributed by atoms with E-state index in [2.05, 4.69) is 0 Å². The lowest BCUT2D eigenvalue weighted by atomic mass is 9.84. The van der Waals surface area contributed by atoms with E-state index < -0.39 is 34.5 Å². The molecule has 2 aromatic carbocycles. The molecule has 0 spiro atoms. The summed E-state index contributed by atoms with van der Waals surface area (Å²) in [6, 6.07) is 9.57. The van der Waals surface area contributed by atoms with E-state index in [1.54, 1.807) is 0 Å². The number of non-ortho nitro benzene ring substituents is 1. The van der Waals surface area contributed by atoms with Gasteiger partial charge in [-0.05, 0) is 29.8 Å². The van der Waals surface area contributed by atoms with E-state index in [-0.39, 0.29) is 35.7 Å². The van der Waals surface area contributed by atoms with E-state index in [0.717, 1.165) is 12.1 Å². The zero-order chi connectivity index (χ0) is 21.6. The quantitative estimate of drug-likeness (QED) is 0.428. The Morgan fingerprint density at radius 1 is 1.03 bits per heavy atom. The number of benzene rings is 2. The number of cyclic esters (lactones) is 1. The van der Waals surface area contributed by atoms with Crippen molar-refractivity contribution in [1.29, 1.82) is 0 Å². The fourth-order valence-corrected chi connectivity index (χ4v) is 3.67. The third-order valence-corrected chi connectivity index (χ3v) is 5.08. The van der Waals surface area contributed by atoms with Gasteiger partial charge in [0.2, 0.25) is 5.91 Å². The molecule has 0 N–H and O–H groups in total. The summed E-state index contributed by atoms with van der Waals surface area (Å²) in [5, 5.41) is 10.9. The molecule has 0 aliphatic carbocycles. The Labute approximate surface area is 167 Å². The van der Waals surface area contributed by atoms with Gasteiger partial charge < -0.3 is 4.74 Å². The van der Waals surface area contributed by atoms with Crippen LogP contribution in [0.2, 0.25) is 0 Å². The molecule has 2 heterocycles. The number of nitrogens with zero attached hydrogens (tertiary/aromatic N) is 2. The number of nitro groups is 1. The third kappa shape index (κ3) is 3.30. The van der Waals surface area contributed by atoms with E-state index in [4.69, 9.17) is 4.74 Å². The normalized spacial score (nSPS) is 19.0. The van der Waals surface area contributed by atoms with Crippen molar-refractivity contribution in [2.75, 3.05) is 11.5 Å². The van der Waals surface area contributed by atoms with Crippen molar-refractivity contribution in [2.45, 2.75) is 18.5 Å². The van der Waals surface area contributed by atoms with Gasteiger partial charge in [0.05, 0.1) is 21.8 Å². The Morgan fingerprint density at radius 2 is 1.67 bits per heavy atom. The number of nitro benzene ring substituents is 1. The number of halogens is 3. The molecule has 7 nitrogen and oxygen atoms in total. The summed E-state index contributed by atoms with van der Waals surface area (Å²) < 4.78 is 43.6. The highest BCUT2D eigenvalue weighted by atomic mass is 19.4. The van der Waals surface area contributed by atoms with Gasteiger partial charge in [0, 0.05) is 30.2 Å². The van der Waals surface area contributed by atoms with E-state index in [9.17, 15) is 32.9 Å². The van der Waals surface area contributed by atoms with Crippen LogP contribution < -0.4 is 4.90 Å². The van der Waals surface area contributed by atoms with Crippen molar-refractivity contribution in [3.8, 4) is 0 Å². The lowest BCUT2D eigenvalue weighted by Gasteiger charge is -2.32. The second-order valence-electron chi connectivity index (χ2n) is 6.82. The molecule has 0 radical (unpaired) electrons. The number of hydrogen-bond acceptors (Lipinski definition) is 5. The van der Waals surface area contributed by atoms with Crippen molar-refractivity contribution in [3.63, 3.8) is 0 Å². The van der Waals surface area contributed by atoms with Crippen LogP contribution in [-0.2, 0) is 20.5 Å². The molecular weight excluding hydrogens is 405 g/mol. The van der Waals surface area contributed by atoms with Gasteiger partial charge in [-0.3, -0.25) is 19.8 Å². The molecule has 4 rings (SSSR count). The minimum Gasteiger partial charge on any atom is -0.456 e. The Kier molecular flexibility index (Phi) is 4.56. The van der Waals surface area contributed by atoms with Crippen molar-refractivity contribution in [3.05, 3.63) is 81.0 Å². The van der Waals surface area contributed by atoms with Crippen molar-refractivity contribution in [1.82, 2.24) is 0 Å². The lowest BCUT2D eigenvalue weighted by Crippen LogP contribution is -2.37. The lowest BCUT2D eigenvalue weighted by molar-refractivity contribution is -0.384. The van der Waals surface area contributed by atoms with Gasteiger partial charge in [0.1, 0.15) is 6.61 Å². The summed E-state index contributed by atoms with van der Waals surface area (Å²) in [5.74, 6) is -1.71. The van der Waals surface area contributed by atoms with E-state index in [1.165, 1.54) is 41.3 Å². The fraction of sp³-hybridized carbons (Fsp3) is 0.200. The number of hydrogen-bond donors (Lipinski definition) is 0. The van der Waals surface area contributed by atoms with Crippen molar-refractivity contribution < 1.29 is 32.4 Å². The van der Waals surface area contributed by atoms with Crippen LogP contribution in [0.3, 0.4) is 0 Å². The number of carbonyl (C=O) groups excluding carboxylic acids is 2. The Hall–Kier alpha value is -3.69. The SMILES string of the molecule is O=C1OCC2=C1C(c1ccc([N+](=O)[O-])cc1)CC(=O)N2c1ccc(C(F)(F)F)cc1. The van der Waals surface area contributed by atoms with Crippen molar-refractivity contribution in [2.24, 2.45) is 0 Å². The maximum atomic E-state index is 12.9. The number of rotatable bonds is 3. The molecule has 0 fully saturated rings.